The minimum Gasteiger partial charge on any atom is -0.459 e. The van der Waals surface area contributed by atoms with Crippen molar-refractivity contribution in [2.24, 2.45) is 0 Å². The molecule has 3 saturated heterocycles. The molecule has 2 atom stereocenters. The molecule has 3 fully saturated rings. The van der Waals surface area contributed by atoms with Crippen LogP contribution in [0.1, 0.15) is 53.4 Å². The van der Waals surface area contributed by atoms with Crippen LogP contribution in [0.2, 0.25) is 0 Å². The first kappa shape index (κ1) is 21.9. The lowest BCUT2D eigenvalue weighted by molar-refractivity contribution is -0.153. The number of hydrogen-bond donors (Lipinski definition) is 0. The summed E-state index contributed by atoms with van der Waals surface area (Å²) in [6.07, 6.45) is -3.35. The van der Waals surface area contributed by atoms with Crippen molar-refractivity contribution in [1.29, 1.82) is 0 Å². The first-order chi connectivity index (χ1) is 15.6. The van der Waals surface area contributed by atoms with E-state index in [0.29, 0.717) is 18.4 Å². The predicted octanol–water partition coefficient (Wildman–Crippen LogP) is 4.27. The molecular formula is C22H19F5N2O4. The van der Waals surface area contributed by atoms with Gasteiger partial charge < -0.3 is 19.0 Å². The fourth-order valence-electron chi connectivity index (χ4n) is 5.08. The molecule has 0 N–H and O–H groups in total. The van der Waals surface area contributed by atoms with Gasteiger partial charge in [0.1, 0.15) is 17.9 Å². The maximum Gasteiger partial charge on any atom is 0.450 e. The molecule has 11 heteroatoms. The molecule has 4 heterocycles. The second kappa shape index (κ2) is 7.54. The van der Waals surface area contributed by atoms with Crippen molar-refractivity contribution >= 4 is 11.8 Å². The van der Waals surface area contributed by atoms with E-state index in [9.17, 15) is 31.5 Å². The lowest BCUT2D eigenvalue weighted by Crippen LogP contribution is -2.51. The number of amides is 2. The number of rotatable bonds is 2. The summed E-state index contributed by atoms with van der Waals surface area (Å²) >= 11 is 0. The number of likely N-dealkylation sites (tertiary alicyclic amines) is 1. The molecule has 0 saturated carbocycles. The summed E-state index contributed by atoms with van der Waals surface area (Å²) in [4.78, 5) is 28.8. The molecule has 1 spiro atoms. The third-order valence-electron chi connectivity index (χ3n) is 6.60. The Labute approximate surface area is 184 Å². The molecule has 6 nitrogen and oxygen atoms in total. The van der Waals surface area contributed by atoms with E-state index in [-0.39, 0.29) is 31.8 Å². The number of nitrogens with zero attached hydrogens (tertiary/aromatic N) is 2. The summed E-state index contributed by atoms with van der Waals surface area (Å²) in [6, 6.07) is 3.59. The Hall–Kier alpha value is -2.95. The summed E-state index contributed by atoms with van der Waals surface area (Å²) in [5, 5.41) is 0. The van der Waals surface area contributed by atoms with Crippen molar-refractivity contribution in [3.05, 3.63) is 59.1 Å². The molecule has 0 radical (unpaired) electrons. The highest BCUT2D eigenvalue weighted by Gasteiger charge is 2.58. The normalized spacial score (nSPS) is 24.6. The van der Waals surface area contributed by atoms with E-state index < -0.39 is 52.9 Å². The zero-order valence-corrected chi connectivity index (χ0v) is 17.2. The summed E-state index contributed by atoms with van der Waals surface area (Å²) in [7, 11) is 0. The Balaban J connectivity index is 1.31. The maximum absolute atomic E-state index is 13.7. The lowest BCUT2D eigenvalue weighted by atomic mass is 9.89. The van der Waals surface area contributed by atoms with Crippen molar-refractivity contribution < 1.29 is 40.7 Å². The minimum atomic E-state index is -4.80. The Bertz CT molecular complexity index is 1090. The highest BCUT2D eigenvalue weighted by molar-refractivity contribution is 5.96. The van der Waals surface area contributed by atoms with Gasteiger partial charge in [0.05, 0.1) is 17.9 Å². The number of carbonyl (C=O) groups is 2. The van der Waals surface area contributed by atoms with Gasteiger partial charge in [-0.25, -0.2) is 8.78 Å². The van der Waals surface area contributed by atoms with Gasteiger partial charge in [-0.1, -0.05) is 0 Å². The van der Waals surface area contributed by atoms with Crippen LogP contribution in [0.15, 0.2) is 34.9 Å². The van der Waals surface area contributed by atoms with Crippen LogP contribution in [0, 0.1) is 11.6 Å². The molecule has 1 aromatic heterocycles. The molecule has 0 bridgehead atoms. The number of furan rings is 1. The number of hydrogen-bond acceptors (Lipinski definition) is 4. The van der Waals surface area contributed by atoms with Crippen LogP contribution in [0.4, 0.5) is 22.0 Å². The largest absolute Gasteiger partial charge is 0.459 e. The Morgan fingerprint density at radius 2 is 1.73 bits per heavy atom. The molecule has 0 unspecified atom stereocenters. The van der Waals surface area contributed by atoms with Crippen LogP contribution in [-0.4, -0.2) is 46.5 Å². The fourth-order valence-corrected chi connectivity index (χ4v) is 5.08. The average Bonchev–Trinajstić information content (AvgIpc) is 3.44. The third-order valence-corrected chi connectivity index (χ3v) is 6.60. The van der Waals surface area contributed by atoms with Gasteiger partial charge in [0, 0.05) is 32.0 Å². The molecular weight excluding hydrogens is 451 g/mol. The number of piperidine rings is 1. The van der Waals surface area contributed by atoms with Gasteiger partial charge in [0.2, 0.25) is 5.76 Å². The molecule has 176 valence electrons. The third kappa shape index (κ3) is 3.58. The number of halogens is 5. The van der Waals surface area contributed by atoms with Gasteiger partial charge in [0.25, 0.3) is 11.8 Å². The Morgan fingerprint density at radius 3 is 2.36 bits per heavy atom. The molecule has 2 amide bonds. The zero-order chi connectivity index (χ0) is 23.5. The van der Waals surface area contributed by atoms with Crippen molar-refractivity contribution in [1.82, 2.24) is 9.80 Å². The van der Waals surface area contributed by atoms with Gasteiger partial charge in [0.15, 0.2) is 5.60 Å². The van der Waals surface area contributed by atoms with Crippen molar-refractivity contribution in [2.45, 2.75) is 49.7 Å². The summed E-state index contributed by atoms with van der Waals surface area (Å²) < 4.78 is 77.2. The van der Waals surface area contributed by atoms with Gasteiger partial charge in [-0.05, 0) is 36.6 Å². The minimum absolute atomic E-state index is 0.0207. The van der Waals surface area contributed by atoms with E-state index >= 15 is 0 Å². The highest BCUT2D eigenvalue weighted by Crippen LogP contribution is 2.48. The molecule has 0 aliphatic carbocycles. The number of benzene rings is 1. The maximum atomic E-state index is 13.7. The topological polar surface area (TPSA) is 63.0 Å². The summed E-state index contributed by atoms with van der Waals surface area (Å²) in [6.45, 7) is 0.0414. The van der Waals surface area contributed by atoms with E-state index in [1.807, 2.05) is 0 Å². The first-order valence-corrected chi connectivity index (χ1v) is 10.5. The molecule has 5 rings (SSSR count). The molecule has 1 aromatic carbocycles. The predicted molar refractivity (Wildman–Crippen MR) is 102 cm³/mol. The van der Waals surface area contributed by atoms with Crippen LogP contribution in [0.5, 0.6) is 0 Å². The van der Waals surface area contributed by atoms with E-state index in [2.05, 4.69) is 4.42 Å². The van der Waals surface area contributed by atoms with E-state index in [0.717, 1.165) is 18.4 Å². The summed E-state index contributed by atoms with van der Waals surface area (Å²) in [5.41, 5.74) is -1.45. The zero-order valence-electron chi connectivity index (χ0n) is 17.2. The van der Waals surface area contributed by atoms with Crippen LogP contribution in [0.25, 0.3) is 0 Å². The monoisotopic (exact) mass is 470 g/mol. The number of alkyl halides is 3. The van der Waals surface area contributed by atoms with Crippen molar-refractivity contribution in [3.63, 3.8) is 0 Å². The SMILES string of the molecule is O=C(c1ccoc1C(F)(F)F)N1CCC2(CC1)O[C@@H]1CC[C@@H](c3cc(F)cc(F)c3)N1C2=O. The second-order valence-electron chi connectivity index (χ2n) is 8.53. The molecule has 2 aromatic rings. The lowest BCUT2D eigenvalue weighted by Gasteiger charge is -2.37. The van der Waals surface area contributed by atoms with E-state index in [1.54, 1.807) is 0 Å². The number of carbonyl (C=O) groups excluding carboxylic acids is 2. The van der Waals surface area contributed by atoms with Crippen molar-refractivity contribution in [3.8, 4) is 0 Å². The summed E-state index contributed by atoms with van der Waals surface area (Å²) in [5.74, 6) is -3.98. The average molecular weight is 470 g/mol. The smallest absolute Gasteiger partial charge is 0.450 e. The Kier molecular flexibility index (Phi) is 5.00. The molecule has 3 aliphatic rings. The van der Waals surface area contributed by atoms with E-state index in [1.165, 1.54) is 21.9 Å². The first-order valence-electron chi connectivity index (χ1n) is 10.5. The van der Waals surface area contributed by atoms with Gasteiger partial charge >= 0.3 is 6.18 Å². The van der Waals surface area contributed by atoms with E-state index in [4.69, 9.17) is 4.74 Å². The van der Waals surface area contributed by atoms with Crippen LogP contribution in [0.3, 0.4) is 0 Å². The Morgan fingerprint density at radius 1 is 1.06 bits per heavy atom. The highest BCUT2D eigenvalue weighted by atomic mass is 19.4. The van der Waals surface area contributed by atoms with Crippen LogP contribution >= 0.6 is 0 Å². The van der Waals surface area contributed by atoms with Gasteiger partial charge in [-0.3, -0.25) is 9.59 Å². The number of ether oxygens (including phenoxy) is 1. The van der Waals surface area contributed by atoms with Crippen LogP contribution < -0.4 is 0 Å². The quantitative estimate of drug-likeness (QED) is 0.615. The van der Waals surface area contributed by atoms with Crippen LogP contribution in [-0.2, 0) is 15.7 Å². The van der Waals surface area contributed by atoms with Gasteiger partial charge in [-0.15, -0.1) is 0 Å². The number of fused-ring (bicyclic) bond motifs is 1. The fraction of sp³-hybridized carbons (Fsp3) is 0.455. The van der Waals surface area contributed by atoms with Gasteiger partial charge in [-0.2, -0.15) is 13.2 Å². The molecule has 3 aliphatic heterocycles. The second-order valence-corrected chi connectivity index (χ2v) is 8.53. The van der Waals surface area contributed by atoms with Crippen molar-refractivity contribution in [2.75, 3.05) is 13.1 Å². The standard InChI is InChI=1S/C22H19F5N2O4/c23-13-9-12(10-14(24)11-13)16-1-2-17-29(16)20(31)21(33-17)4-6-28(7-5-21)19(30)15-3-8-32-18(15)22(25,26)27/h3,8-11,16-17H,1-2,4-7H2/t16-,17+/m0/s1. The molecule has 33 heavy (non-hydrogen) atoms.